The van der Waals surface area contributed by atoms with E-state index in [9.17, 15) is 0 Å². The molecular formula is C21H24N6. The summed E-state index contributed by atoms with van der Waals surface area (Å²) in [4.78, 5) is 16.1. The molecule has 0 radical (unpaired) electrons. The lowest BCUT2D eigenvalue weighted by atomic mass is 10.1. The van der Waals surface area contributed by atoms with E-state index < -0.39 is 0 Å². The Labute approximate surface area is 159 Å². The molecule has 0 saturated carbocycles. The van der Waals surface area contributed by atoms with Gasteiger partial charge in [0, 0.05) is 11.9 Å². The first kappa shape index (κ1) is 17.4. The quantitative estimate of drug-likeness (QED) is 0.747. The molecule has 1 aromatic heterocycles. The third-order valence-electron chi connectivity index (χ3n) is 4.74. The van der Waals surface area contributed by atoms with Gasteiger partial charge in [-0.1, -0.05) is 43.3 Å². The van der Waals surface area contributed by atoms with Gasteiger partial charge < -0.3 is 5.32 Å². The zero-order valence-electron chi connectivity index (χ0n) is 15.7. The van der Waals surface area contributed by atoms with Gasteiger partial charge in [0.05, 0.1) is 24.5 Å². The molecule has 0 aliphatic carbocycles. The predicted octanol–water partition coefficient (Wildman–Crippen LogP) is 3.29. The average molecular weight is 360 g/mol. The van der Waals surface area contributed by atoms with E-state index in [2.05, 4.69) is 79.9 Å². The van der Waals surface area contributed by atoms with Gasteiger partial charge in [0.25, 0.3) is 0 Å². The number of anilines is 1. The van der Waals surface area contributed by atoms with Crippen molar-refractivity contribution in [3.05, 3.63) is 65.4 Å². The summed E-state index contributed by atoms with van der Waals surface area (Å²) in [7, 11) is 0. The van der Waals surface area contributed by atoms with E-state index in [4.69, 9.17) is 0 Å². The summed E-state index contributed by atoms with van der Waals surface area (Å²) in [5.74, 6) is 1.29. The first-order valence-electron chi connectivity index (χ1n) is 9.30. The zero-order chi connectivity index (χ0) is 18.6. The van der Waals surface area contributed by atoms with Crippen molar-refractivity contribution >= 4 is 22.8 Å². The molecule has 27 heavy (non-hydrogen) atoms. The van der Waals surface area contributed by atoms with E-state index in [0.717, 1.165) is 36.2 Å². The number of guanidine groups is 1. The smallest absolute Gasteiger partial charge is 0.230 e. The van der Waals surface area contributed by atoms with E-state index >= 15 is 0 Å². The fraction of sp³-hybridized carbons (Fsp3) is 0.286. The van der Waals surface area contributed by atoms with Crippen LogP contribution in [0.2, 0.25) is 0 Å². The standard InChI is InChI=1S/C21H24N6/c1-3-16-9-10-19-18(11-16)15(2)24-21(25-19)26-20-22-13-27(14-23-20)12-17-7-5-4-6-8-17/h4-11H,3,12-14H2,1-2H3,(H2,22,23,24,25,26). The summed E-state index contributed by atoms with van der Waals surface area (Å²) in [6.07, 6.45) is 1.01. The summed E-state index contributed by atoms with van der Waals surface area (Å²) in [6.45, 7) is 6.41. The highest BCUT2D eigenvalue weighted by Crippen LogP contribution is 2.19. The lowest BCUT2D eigenvalue weighted by Gasteiger charge is -2.26. The van der Waals surface area contributed by atoms with Crippen molar-refractivity contribution in [2.45, 2.75) is 26.8 Å². The van der Waals surface area contributed by atoms with Gasteiger partial charge in [0.1, 0.15) is 0 Å². The van der Waals surface area contributed by atoms with Crippen molar-refractivity contribution in [1.29, 1.82) is 0 Å². The number of nitrogens with zero attached hydrogens (tertiary/aromatic N) is 4. The second kappa shape index (κ2) is 7.72. The monoisotopic (exact) mass is 360 g/mol. The average Bonchev–Trinajstić information content (AvgIpc) is 2.70. The number of rotatable bonds is 4. The van der Waals surface area contributed by atoms with Crippen molar-refractivity contribution in [2.24, 2.45) is 4.99 Å². The lowest BCUT2D eigenvalue weighted by Crippen LogP contribution is -2.45. The van der Waals surface area contributed by atoms with E-state index in [1.165, 1.54) is 11.1 Å². The van der Waals surface area contributed by atoms with E-state index in [0.29, 0.717) is 18.6 Å². The molecule has 1 aliphatic rings. The number of benzene rings is 2. The Kier molecular flexibility index (Phi) is 4.98. The Bertz CT molecular complexity index is 967. The molecular weight excluding hydrogens is 336 g/mol. The summed E-state index contributed by atoms with van der Waals surface area (Å²) < 4.78 is 0. The van der Waals surface area contributed by atoms with Crippen LogP contribution in [0.5, 0.6) is 0 Å². The number of fused-ring (bicyclic) bond motifs is 1. The Balaban J connectivity index is 1.45. The lowest BCUT2D eigenvalue weighted by molar-refractivity contribution is 0.256. The largest absolute Gasteiger partial charge is 0.343 e. The molecule has 6 heteroatoms. The minimum atomic E-state index is 0.576. The molecule has 0 spiro atoms. The molecule has 0 amide bonds. The maximum atomic E-state index is 4.64. The number of hydrogen-bond donors (Lipinski definition) is 2. The van der Waals surface area contributed by atoms with Gasteiger partial charge in [-0.15, -0.1) is 0 Å². The van der Waals surface area contributed by atoms with E-state index in [1.54, 1.807) is 0 Å². The van der Waals surface area contributed by atoms with Crippen LogP contribution in [0, 0.1) is 6.92 Å². The van der Waals surface area contributed by atoms with Crippen molar-refractivity contribution in [1.82, 2.24) is 20.2 Å². The summed E-state index contributed by atoms with van der Waals surface area (Å²) >= 11 is 0. The maximum absolute atomic E-state index is 4.64. The number of hydrogen-bond acceptors (Lipinski definition) is 6. The van der Waals surface area contributed by atoms with Crippen LogP contribution in [0.1, 0.15) is 23.7 Å². The SMILES string of the molecule is CCc1ccc2nc(NC3=NCN(Cc4ccccc4)CN3)nc(C)c2c1. The van der Waals surface area contributed by atoms with Gasteiger partial charge in [0.15, 0.2) is 0 Å². The Hall–Kier alpha value is -2.99. The van der Waals surface area contributed by atoms with Crippen LogP contribution in [-0.2, 0) is 13.0 Å². The van der Waals surface area contributed by atoms with Gasteiger partial charge in [-0.3, -0.25) is 10.2 Å². The summed E-state index contributed by atoms with van der Waals surface area (Å²) in [6, 6.07) is 16.8. The number of aliphatic imine (C=N–C) groups is 1. The number of aryl methyl sites for hydroxylation is 2. The van der Waals surface area contributed by atoms with E-state index in [1.807, 2.05) is 13.0 Å². The van der Waals surface area contributed by atoms with Gasteiger partial charge in [-0.2, -0.15) is 0 Å². The second-order valence-electron chi connectivity index (χ2n) is 6.76. The molecule has 6 nitrogen and oxygen atoms in total. The van der Waals surface area contributed by atoms with E-state index in [-0.39, 0.29) is 0 Å². The molecule has 4 rings (SSSR count). The van der Waals surface area contributed by atoms with Gasteiger partial charge in [0.2, 0.25) is 11.9 Å². The molecule has 138 valence electrons. The second-order valence-corrected chi connectivity index (χ2v) is 6.76. The normalized spacial score (nSPS) is 14.7. The van der Waals surface area contributed by atoms with Crippen molar-refractivity contribution in [2.75, 3.05) is 18.7 Å². The molecule has 2 aromatic carbocycles. The third-order valence-corrected chi connectivity index (χ3v) is 4.74. The molecule has 0 saturated heterocycles. The molecule has 0 atom stereocenters. The fourth-order valence-electron chi connectivity index (χ4n) is 3.20. The zero-order valence-corrected chi connectivity index (χ0v) is 15.7. The molecule has 2 heterocycles. The minimum absolute atomic E-state index is 0.576. The van der Waals surface area contributed by atoms with Crippen molar-refractivity contribution in [3.8, 4) is 0 Å². The van der Waals surface area contributed by atoms with Crippen molar-refractivity contribution < 1.29 is 0 Å². The molecule has 0 bridgehead atoms. The minimum Gasteiger partial charge on any atom is -0.343 e. The predicted molar refractivity (Wildman–Crippen MR) is 110 cm³/mol. The van der Waals surface area contributed by atoms with Crippen LogP contribution in [0.25, 0.3) is 10.9 Å². The maximum Gasteiger partial charge on any atom is 0.230 e. The Morgan fingerprint density at radius 2 is 1.93 bits per heavy atom. The molecule has 2 N–H and O–H groups in total. The Morgan fingerprint density at radius 3 is 2.67 bits per heavy atom. The van der Waals surface area contributed by atoms with Crippen LogP contribution in [0.15, 0.2) is 53.5 Å². The molecule has 0 fully saturated rings. The number of nitrogens with one attached hydrogen (secondary N) is 2. The van der Waals surface area contributed by atoms with Gasteiger partial charge >= 0.3 is 0 Å². The molecule has 1 aliphatic heterocycles. The van der Waals surface area contributed by atoms with Gasteiger partial charge in [-0.05, 0) is 36.6 Å². The van der Waals surface area contributed by atoms with Crippen molar-refractivity contribution in [3.63, 3.8) is 0 Å². The highest BCUT2D eigenvalue weighted by atomic mass is 15.4. The highest BCUT2D eigenvalue weighted by Gasteiger charge is 2.14. The third kappa shape index (κ3) is 4.06. The Morgan fingerprint density at radius 1 is 1.07 bits per heavy atom. The summed E-state index contributed by atoms with van der Waals surface area (Å²) in [5.41, 5.74) is 4.50. The molecule has 0 unspecified atom stereocenters. The first-order chi connectivity index (χ1) is 13.2. The topological polar surface area (TPSA) is 65.4 Å². The van der Waals surface area contributed by atoms with Crippen LogP contribution in [0.3, 0.4) is 0 Å². The molecule has 3 aromatic rings. The fourth-order valence-corrected chi connectivity index (χ4v) is 3.20. The van der Waals surface area contributed by atoms with Crippen LogP contribution in [-0.4, -0.2) is 34.2 Å². The van der Waals surface area contributed by atoms with Crippen LogP contribution >= 0.6 is 0 Å². The van der Waals surface area contributed by atoms with Crippen LogP contribution < -0.4 is 10.6 Å². The summed E-state index contributed by atoms with van der Waals surface area (Å²) in [5, 5.41) is 7.63. The highest BCUT2D eigenvalue weighted by molar-refractivity contribution is 5.93. The van der Waals surface area contributed by atoms with Gasteiger partial charge in [-0.25, -0.2) is 15.0 Å². The number of aromatic nitrogens is 2. The van der Waals surface area contributed by atoms with Crippen LogP contribution in [0.4, 0.5) is 5.95 Å². The first-order valence-corrected chi connectivity index (χ1v) is 9.30.